The number of phenols is 2. The number of piperidine rings is 1. The number of carbonyl (C=O) groups is 2. The summed E-state index contributed by atoms with van der Waals surface area (Å²) in [7, 11) is 0. The van der Waals surface area contributed by atoms with Crippen LogP contribution in [0.25, 0.3) is 0 Å². The fraction of sp³-hybridized carbons (Fsp3) is 0.593. The second-order valence-corrected chi connectivity index (χ2v) is 11.7. The number of carbonyl (C=O) groups excluding carboxylic acids is 2. The smallest absolute Gasteiger partial charge is 0.258 e. The minimum Gasteiger partial charge on any atom is -0.512 e. The van der Waals surface area contributed by atoms with Gasteiger partial charge in [-0.2, -0.15) is 5.26 Å². The van der Waals surface area contributed by atoms with Crippen molar-refractivity contribution in [2.24, 2.45) is 11.8 Å². The van der Waals surface area contributed by atoms with Crippen LogP contribution < -0.4 is 10.6 Å². The molecule has 4 atom stereocenters. The van der Waals surface area contributed by atoms with E-state index in [2.05, 4.69) is 10.2 Å². The molecule has 3 aliphatic carbocycles. The van der Waals surface area contributed by atoms with E-state index in [1.54, 1.807) is 19.2 Å². The Morgan fingerprint density at radius 1 is 1.24 bits per heavy atom. The first-order valence-electron chi connectivity index (χ1n) is 12.8. The molecule has 0 aromatic heterocycles. The Morgan fingerprint density at radius 3 is 2.59 bits per heavy atom. The van der Waals surface area contributed by atoms with Gasteiger partial charge in [-0.3, -0.25) is 19.8 Å². The molecular formula is C27H34N4O6. The zero-order valence-corrected chi connectivity index (χ0v) is 21.3. The Bertz CT molecular complexity index is 1250. The Hall–Kier alpha value is -3.29. The highest BCUT2D eigenvalue weighted by molar-refractivity contribution is 5.99. The minimum absolute atomic E-state index is 0.0233. The number of aromatic hydroxyl groups is 2. The van der Waals surface area contributed by atoms with E-state index in [0.717, 1.165) is 24.9 Å². The number of nitrogens with zero attached hydrogens (tertiary/aromatic N) is 2. The summed E-state index contributed by atoms with van der Waals surface area (Å²) in [6.07, 6.45) is 4.49. The quantitative estimate of drug-likeness (QED) is 0.197. The highest BCUT2D eigenvalue weighted by atomic mass is 16.3. The summed E-state index contributed by atoms with van der Waals surface area (Å²) in [4.78, 5) is 28.0. The maximum atomic E-state index is 13.4. The van der Waals surface area contributed by atoms with E-state index in [9.17, 15) is 30.0 Å². The number of nitrogens with one attached hydrogen (secondary N) is 2. The van der Waals surface area contributed by atoms with E-state index in [1.165, 1.54) is 19.9 Å². The van der Waals surface area contributed by atoms with Gasteiger partial charge >= 0.3 is 0 Å². The zero-order chi connectivity index (χ0) is 26.9. The number of rotatable bonds is 5. The molecule has 10 nitrogen and oxygen atoms in total. The van der Waals surface area contributed by atoms with Crippen LogP contribution in [0.4, 0.5) is 0 Å². The monoisotopic (exact) mass is 510 g/mol. The lowest BCUT2D eigenvalue weighted by Crippen LogP contribution is -2.75. The highest BCUT2D eigenvalue weighted by Crippen LogP contribution is 2.63. The fourth-order valence-electron chi connectivity index (χ4n) is 7.04. The van der Waals surface area contributed by atoms with Crippen molar-refractivity contribution in [2.75, 3.05) is 13.1 Å². The van der Waals surface area contributed by atoms with Crippen LogP contribution in [0, 0.1) is 23.3 Å². The number of hydrogen-bond acceptors (Lipinski definition) is 8. The number of aliphatic hydroxyl groups excluding tert-OH is 1. The van der Waals surface area contributed by atoms with Crippen LogP contribution in [0.1, 0.15) is 57.6 Å². The van der Waals surface area contributed by atoms with Gasteiger partial charge in [-0.1, -0.05) is 13.0 Å². The highest BCUT2D eigenvalue weighted by Gasteiger charge is 2.69. The van der Waals surface area contributed by atoms with Crippen LogP contribution in [-0.4, -0.2) is 67.4 Å². The Balaban J connectivity index is 1.62. The first-order chi connectivity index (χ1) is 17.4. The zero-order valence-electron chi connectivity index (χ0n) is 21.3. The topological polar surface area (TPSA) is 166 Å². The molecule has 1 heterocycles. The molecule has 10 heteroatoms. The number of benzene rings is 1. The molecule has 5 rings (SSSR count). The van der Waals surface area contributed by atoms with E-state index in [-0.39, 0.29) is 35.3 Å². The number of likely N-dealkylation sites (tertiary alicyclic amines) is 1. The lowest BCUT2D eigenvalue weighted by Gasteiger charge is -2.65. The molecule has 198 valence electrons. The Morgan fingerprint density at radius 2 is 1.95 bits per heavy atom. The lowest BCUT2D eigenvalue weighted by atomic mass is 9.46. The van der Waals surface area contributed by atoms with Gasteiger partial charge in [0.25, 0.3) is 11.8 Å². The first kappa shape index (κ1) is 25.4. The normalized spacial score (nSPS) is 31.1. The first-order valence-corrected chi connectivity index (χ1v) is 12.8. The van der Waals surface area contributed by atoms with Crippen LogP contribution in [0.15, 0.2) is 23.5 Å². The average Bonchev–Trinajstić information content (AvgIpc) is 3.65. The SMILES string of the molecule is C[C@H]1C(O)=C(C(=O)NC(C)(C)C(=O)NC#N)C[C@@]2(O)[C@H]3Cc4ccc(O)c(O)c4[C@@]12CCN3CC1CC1. The molecule has 1 aromatic carbocycles. The van der Waals surface area contributed by atoms with Gasteiger partial charge in [0.1, 0.15) is 11.3 Å². The van der Waals surface area contributed by atoms with Gasteiger partial charge in [0, 0.05) is 35.9 Å². The molecule has 0 unspecified atom stereocenters. The average molecular weight is 511 g/mol. The van der Waals surface area contributed by atoms with E-state index in [0.29, 0.717) is 30.9 Å². The second kappa shape index (κ2) is 8.36. The maximum absolute atomic E-state index is 13.4. The minimum atomic E-state index is -1.53. The predicted octanol–water partition coefficient (Wildman–Crippen LogP) is 1.45. The molecule has 2 bridgehead atoms. The number of amides is 2. The Labute approximate surface area is 215 Å². The molecule has 0 spiro atoms. The Kier molecular flexibility index (Phi) is 5.73. The third kappa shape index (κ3) is 3.59. The summed E-state index contributed by atoms with van der Waals surface area (Å²) < 4.78 is 0. The van der Waals surface area contributed by atoms with Gasteiger partial charge in [-0.15, -0.1) is 0 Å². The van der Waals surface area contributed by atoms with Crippen LogP contribution >= 0.6 is 0 Å². The van der Waals surface area contributed by atoms with Crippen molar-refractivity contribution in [2.45, 2.75) is 75.5 Å². The number of phenolic OH excluding ortho intramolecular Hbond substituents is 2. The van der Waals surface area contributed by atoms with Crippen LogP contribution in [0.2, 0.25) is 0 Å². The summed E-state index contributed by atoms with van der Waals surface area (Å²) in [6, 6.07) is 2.85. The molecule has 6 N–H and O–H groups in total. The van der Waals surface area contributed by atoms with Crippen LogP contribution in [-0.2, 0) is 21.4 Å². The van der Waals surface area contributed by atoms with Crippen molar-refractivity contribution in [3.05, 3.63) is 34.6 Å². The second-order valence-electron chi connectivity index (χ2n) is 11.7. The number of allylic oxidation sites excluding steroid dienone is 1. The lowest BCUT2D eigenvalue weighted by molar-refractivity contribution is -0.171. The predicted molar refractivity (Wildman–Crippen MR) is 132 cm³/mol. The summed E-state index contributed by atoms with van der Waals surface area (Å²) >= 11 is 0. The van der Waals surface area contributed by atoms with E-state index in [1.807, 2.05) is 5.32 Å². The van der Waals surface area contributed by atoms with Crippen molar-refractivity contribution < 1.29 is 30.0 Å². The molecule has 1 aromatic rings. The van der Waals surface area contributed by atoms with Crippen molar-refractivity contribution in [3.63, 3.8) is 0 Å². The third-order valence-electron chi connectivity index (χ3n) is 9.19. The van der Waals surface area contributed by atoms with Crippen molar-refractivity contribution in [1.29, 1.82) is 5.26 Å². The molecule has 1 saturated heterocycles. The molecular weight excluding hydrogens is 476 g/mol. The standard InChI is InChI=1S/C27H34N4O6/c1-14-21(33)17(23(35)30-25(2,3)24(36)29-13-28)11-27(37)19-10-16-6-7-18(32)22(34)20(16)26(14,27)8-9-31(19)12-15-4-5-15/h6-7,14-15,19,32-34,37H,4-5,8-12H2,1-3H3,(H,29,36)(H,30,35)/t14-,19+,26+,27+/m0/s1. The molecule has 1 aliphatic heterocycles. The van der Waals surface area contributed by atoms with Crippen molar-refractivity contribution >= 4 is 11.8 Å². The molecule has 2 fully saturated rings. The molecule has 37 heavy (non-hydrogen) atoms. The van der Waals surface area contributed by atoms with Crippen LogP contribution in [0.5, 0.6) is 11.5 Å². The maximum Gasteiger partial charge on any atom is 0.258 e. The molecule has 2 amide bonds. The number of fused-ring (bicyclic) bond motifs is 1. The molecule has 0 radical (unpaired) electrons. The van der Waals surface area contributed by atoms with E-state index in [4.69, 9.17) is 5.26 Å². The number of aliphatic hydroxyl groups is 2. The van der Waals surface area contributed by atoms with Gasteiger partial charge in [0.2, 0.25) is 0 Å². The summed E-state index contributed by atoms with van der Waals surface area (Å²) in [6.45, 7) is 6.10. The summed E-state index contributed by atoms with van der Waals surface area (Å²) in [5, 5.41) is 58.9. The van der Waals surface area contributed by atoms with Gasteiger partial charge < -0.3 is 25.7 Å². The molecule has 1 saturated carbocycles. The number of hydrogen-bond donors (Lipinski definition) is 6. The summed E-state index contributed by atoms with van der Waals surface area (Å²) in [5.74, 6) is -2.42. The van der Waals surface area contributed by atoms with E-state index >= 15 is 0 Å². The number of nitriles is 1. The molecule has 4 aliphatic rings. The van der Waals surface area contributed by atoms with Gasteiger partial charge in [0.15, 0.2) is 17.7 Å². The van der Waals surface area contributed by atoms with Gasteiger partial charge in [0.05, 0.1) is 11.2 Å². The van der Waals surface area contributed by atoms with Crippen molar-refractivity contribution in [3.8, 4) is 17.7 Å². The van der Waals surface area contributed by atoms with Gasteiger partial charge in [-0.05, 0) is 63.6 Å². The van der Waals surface area contributed by atoms with Crippen LogP contribution in [0.3, 0.4) is 0 Å². The fourth-order valence-corrected chi connectivity index (χ4v) is 7.04. The van der Waals surface area contributed by atoms with Crippen molar-refractivity contribution in [1.82, 2.24) is 15.5 Å². The van der Waals surface area contributed by atoms with E-state index < -0.39 is 34.3 Å². The largest absolute Gasteiger partial charge is 0.512 e. The van der Waals surface area contributed by atoms with Gasteiger partial charge in [-0.25, -0.2) is 0 Å². The third-order valence-corrected chi connectivity index (χ3v) is 9.19. The summed E-state index contributed by atoms with van der Waals surface area (Å²) in [5.41, 5.74) is -2.88.